The van der Waals surface area contributed by atoms with Gasteiger partial charge in [-0.1, -0.05) is 36.4 Å². The first-order valence-corrected chi connectivity index (χ1v) is 10.4. The molecule has 3 rings (SSSR count). The number of methoxy groups -OCH3 is 2. The smallest absolute Gasteiger partial charge is 0.264 e. The summed E-state index contributed by atoms with van der Waals surface area (Å²) < 4.78 is 53.2. The number of hydrogen-bond acceptors (Lipinski definition) is 4. The summed E-state index contributed by atoms with van der Waals surface area (Å²) in [6.45, 7) is 1.56. The zero-order valence-corrected chi connectivity index (χ0v) is 17.2. The van der Waals surface area contributed by atoms with Crippen LogP contribution in [-0.4, -0.2) is 22.6 Å². The molecule has 0 atom stereocenters. The minimum atomic E-state index is -3.97. The van der Waals surface area contributed by atoms with Crippen molar-refractivity contribution in [2.75, 3.05) is 18.5 Å². The van der Waals surface area contributed by atoms with Gasteiger partial charge in [-0.15, -0.1) is 0 Å². The van der Waals surface area contributed by atoms with Crippen molar-refractivity contribution in [3.8, 4) is 11.5 Å². The highest BCUT2D eigenvalue weighted by Gasteiger charge is 2.28. The lowest BCUT2D eigenvalue weighted by molar-refractivity contribution is 0.355. The molecule has 0 amide bonds. The summed E-state index contributed by atoms with van der Waals surface area (Å²) in [7, 11) is -1.00. The van der Waals surface area contributed by atoms with Gasteiger partial charge in [0.15, 0.2) is 11.5 Å². The standard InChI is InChI=1S/C22H22FNO4S/c1-16-8-4-7-11-22(16)29(25,26)24(15-17-9-5-6-10-19(17)23)18-12-13-20(27-2)21(14-18)28-3/h4-14H,15H2,1-3H3. The molecule has 0 saturated carbocycles. The van der Waals surface area contributed by atoms with Crippen molar-refractivity contribution in [1.29, 1.82) is 0 Å². The fourth-order valence-electron chi connectivity index (χ4n) is 3.04. The zero-order chi connectivity index (χ0) is 21.0. The van der Waals surface area contributed by atoms with E-state index < -0.39 is 15.8 Å². The number of hydrogen-bond donors (Lipinski definition) is 0. The third-order valence-corrected chi connectivity index (χ3v) is 6.52. The Hall–Kier alpha value is -3.06. The Kier molecular flexibility index (Phi) is 6.08. The molecule has 0 unspecified atom stereocenters. The maximum atomic E-state index is 14.3. The number of nitrogens with zero attached hydrogens (tertiary/aromatic N) is 1. The number of anilines is 1. The summed E-state index contributed by atoms with van der Waals surface area (Å²) in [5, 5.41) is 0. The summed E-state index contributed by atoms with van der Waals surface area (Å²) in [4.78, 5) is 0.158. The maximum Gasteiger partial charge on any atom is 0.264 e. The molecule has 29 heavy (non-hydrogen) atoms. The molecule has 0 N–H and O–H groups in total. The van der Waals surface area contributed by atoms with Crippen molar-refractivity contribution >= 4 is 15.7 Å². The average molecular weight is 415 g/mol. The first-order chi connectivity index (χ1) is 13.9. The van der Waals surface area contributed by atoms with Gasteiger partial charge >= 0.3 is 0 Å². The second-order valence-corrected chi connectivity index (χ2v) is 8.24. The van der Waals surface area contributed by atoms with Crippen LogP contribution in [-0.2, 0) is 16.6 Å². The second kappa shape index (κ2) is 8.53. The van der Waals surface area contributed by atoms with Crippen LogP contribution in [0, 0.1) is 12.7 Å². The van der Waals surface area contributed by atoms with E-state index >= 15 is 0 Å². The van der Waals surface area contributed by atoms with Gasteiger partial charge in [0.1, 0.15) is 5.82 Å². The van der Waals surface area contributed by atoms with Gasteiger partial charge < -0.3 is 9.47 Å². The van der Waals surface area contributed by atoms with Gasteiger partial charge in [-0.2, -0.15) is 0 Å². The largest absolute Gasteiger partial charge is 0.493 e. The Balaban J connectivity index is 2.17. The average Bonchev–Trinajstić information content (AvgIpc) is 2.72. The van der Waals surface area contributed by atoms with E-state index in [2.05, 4.69) is 0 Å². The minimum absolute atomic E-state index is 0.158. The van der Waals surface area contributed by atoms with E-state index in [1.807, 2.05) is 0 Å². The lowest BCUT2D eigenvalue weighted by Gasteiger charge is -2.26. The van der Waals surface area contributed by atoms with E-state index in [1.165, 1.54) is 24.6 Å². The zero-order valence-electron chi connectivity index (χ0n) is 16.4. The summed E-state index contributed by atoms with van der Waals surface area (Å²) in [6, 6.07) is 17.6. The second-order valence-electron chi connectivity index (χ2n) is 6.41. The Morgan fingerprint density at radius 3 is 2.21 bits per heavy atom. The molecular weight excluding hydrogens is 393 g/mol. The number of sulfonamides is 1. The number of rotatable bonds is 7. The predicted octanol–water partition coefficient (Wildman–Crippen LogP) is 4.55. The third-order valence-electron chi connectivity index (χ3n) is 4.59. The first-order valence-electron chi connectivity index (χ1n) is 8.92. The molecule has 5 nitrogen and oxygen atoms in total. The van der Waals surface area contributed by atoms with E-state index in [0.717, 1.165) is 0 Å². The molecule has 0 saturated heterocycles. The molecule has 3 aromatic rings. The quantitative estimate of drug-likeness (QED) is 0.568. The Morgan fingerprint density at radius 1 is 0.897 bits per heavy atom. The van der Waals surface area contributed by atoms with Crippen molar-refractivity contribution in [2.45, 2.75) is 18.4 Å². The predicted molar refractivity (Wildman–Crippen MR) is 110 cm³/mol. The monoisotopic (exact) mass is 415 g/mol. The van der Waals surface area contributed by atoms with Gasteiger partial charge in [0.25, 0.3) is 10.0 Å². The van der Waals surface area contributed by atoms with Gasteiger partial charge in [-0.3, -0.25) is 4.31 Å². The third kappa shape index (κ3) is 4.19. The van der Waals surface area contributed by atoms with Crippen molar-refractivity contribution < 1.29 is 22.3 Å². The van der Waals surface area contributed by atoms with Crippen molar-refractivity contribution in [1.82, 2.24) is 0 Å². The van der Waals surface area contributed by atoms with Crippen LogP contribution in [0.5, 0.6) is 11.5 Å². The molecule has 0 aromatic heterocycles. The number of halogens is 1. The topological polar surface area (TPSA) is 55.8 Å². The number of aryl methyl sites for hydroxylation is 1. The molecule has 0 fully saturated rings. The van der Waals surface area contributed by atoms with Crippen LogP contribution in [0.25, 0.3) is 0 Å². The van der Waals surface area contributed by atoms with Crippen LogP contribution < -0.4 is 13.8 Å². The first kappa shape index (κ1) is 20.7. The summed E-state index contributed by atoms with van der Waals surface area (Å²) >= 11 is 0. The van der Waals surface area contributed by atoms with Gasteiger partial charge in [0.05, 0.1) is 31.3 Å². The highest BCUT2D eigenvalue weighted by molar-refractivity contribution is 7.92. The van der Waals surface area contributed by atoms with Gasteiger partial charge in [-0.25, -0.2) is 12.8 Å². The molecule has 7 heteroatoms. The van der Waals surface area contributed by atoms with E-state index in [-0.39, 0.29) is 17.0 Å². The van der Waals surface area contributed by atoms with Crippen LogP contribution in [0.1, 0.15) is 11.1 Å². The molecule has 0 heterocycles. The molecule has 0 aliphatic heterocycles. The molecule has 0 spiro atoms. The Morgan fingerprint density at radius 2 is 1.55 bits per heavy atom. The van der Waals surface area contributed by atoms with Crippen LogP contribution in [0.4, 0.5) is 10.1 Å². The van der Waals surface area contributed by atoms with E-state index in [1.54, 1.807) is 67.6 Å². The van der Waals surface area contributed by atoms with E-state index in [0.29, 0.717) is 22.7 Å². The summed E-state index contributed by atoms with van der Waals surface area (Å²) in [5.74, 6) is 0.372. The van der Waals surface area contributed by atoms with E-state index in [4.69, 9.17) is 9.47 Å². The fraction of sp³-hybridized carbons (Fsp3) is 0.182. The molecule has 0 aliphatic carbocycles. The van der Waals surface area contributed by atoms with Crippen LogP contribution in [0.15, 0.2) is 71.6 Å². The molecular formula is C22H22FNO4S. The fourth-order valence-corrected chi connectivity index (χ4v) is 4.70. The van der Waals surface area contributed by atoms with Crippen LogP contribution in [0.2, 0.25) is 0 Å². The summed E-state index contributed by atoms with van der Waals surface area (Å²) in [5.41, 5.74) is 1.21. The molecule has 0 bridgehead atoms. The molecule has 152 valence electrons. The van der Waals surface area contributed by atoms with Crippen molar-refractivity contribution in [3.63, 3.8) is 0 Å². The van der Waals surface area contributed by atoms with E-state index in [9.17, 15) is 12.8 Å². The highest BCUT2D eigenvalue weighted by Crippen LogP contribution is 2.35. The highest BCUT2D eigenvalue weighted by atomic mass is 32.2. The lowest BCUT2D eigenvalue weighted by Crippen LogP contribution is -2.31. The normalized spacial score (nSPS) is 11.2. The summed E-state index contributed by atoms with van der Waals surface area (Å²) in [6.07, 6.45) is 0. The minimum Gasteiger partial charge on any atom is -0.493 e. The number of benzene rings is 3. The van der Waals surface area contributed by atoms with Crippen molar-refractivity contribution in [3.05, 3.63) is 83.7 Å². The lowest BCUT2D eigenvalue weighted by atomic mass is 10.2. The number of ether oxygens (including phenoxy) is 2. The molecule has 0 radical (unpaired) electrons. The van der Waals surface area contributed by atoms with Crippen LogP contribution >= 0.6 is 0 Å². The SMILES string of the molecule is COc1ccc(N(Cc2ccccc2F)S(=O)(=O)c2ccccc2C)cc1OC. The Bertz CT molecular complexity index is 1120. The molecule has 0 aliphatic rings. The Labute approximate surface area is 170 Å². The van der Waals surface area contributed by atoms with Crippen LogP contribution in [0.3, 0.4) is 0 Å². The van der Waals surface area contributed by atoms with Gasteiger partial charge in [-0.05, 0) is 36.8 Å². The maximum absolute atomic E-state index is 14.3. The van der Waals surface area contributed by atoms with Crippen molar-refractivity contribution in [2.24, 2.45) is 0 Å². The van der Waals surface area contributed by atoms with Gasteiger partial charge in [0, 0.05) is 11.6 Å². The van der Waals surface area contributed by atoms with Gasteiger partial charge in [0.2, 0.25) is 0 Å². The molecule has 3 aromatic carbocycles.